The molecule has 10 heteroatoms. The largest absolute Gasteiger partial charge is 0.464 e. The van der Waals surface area contributed by atoms with Crippen LogP contribution in [0, 0.1) is 10.1 Å². The molecule has 0 atom stereocenters. The van der Waals surface area contributed by atoms with Crippen molar-refractivity contribution in [2.24, 2.45) is 0 Å². The van der Waals surface area contributed by atoms with Crippen molar-refractivity contribution in [2.75, 3.05) is 62.8 Å². The van der Waals surface area contributed by atoms with Gasteiger partial charge in [0.05, 0.1) is 17.2 Å². The van der Waals surface area contributed by atoms with Gasteiger partial charge in [-0.15, -0.1) is 0 Å². The highest BCUT2D eigenvalue weighted by Crippen LogP contribution is 2.26. The minimum atomic E-state index is -0.384. The van der Waals surface area contributed by atoms with E-state index in [1.165, 1.54) is 0 Å². The van der Waals surface area contributed by atoms with Gasteiger partial charge in [-0.05, 0) is 45.3 Å². The zero-order chi connectivity index (χ0) is 21.3. The first-order valence-electron chi connectivity index (χ1n) is 10.2. The Kier molecular flexibility index (Phi) is 8.35. The molecular formula is C20H30N6O3S. The molecule has 3 rings (SSSR count). The molecule has 2 aromatic heterocycles. The lowest BCUT2D eigenvalue weighted by molar-refractivity contribution is -0.384. The number of furan rings is 1. The molecular weight excluding hydrogens is 404 g/mol. The van der Waals surface area contributed by atoms with Crippen LogP contribution >= 0.6 is 11.8 Å². The van der Waals surface area contributed by atoms with Crippen molar-refractivity contribution in [1.82, 2.24) is 15.2 Å². The van der Waals surface area contributed by atoms with Crippen LogP contribution in [-0.2, 0) is 12.3 Å². The quantitative estimate of drug-likeness (QED) is 0.332. The van der Waals surface area contributed by atoms with Crippen molar-refractivity contribution in [3.63, 3.8) is 0 Å². The summed E-state index contributed by atoms with van der Waals surface area (Å²) in [7, 11) is 4.02. The molecule has 0 radical (unpaired) electrons. The van der Waals surface area contributed by atoms with E-state index in [1.807, 2.05) is 26.2 Å². The number of rotatable bonds is 10. The normalized spacial score (nSPS) is 14.7. The summed E-state index contributed by atoms with van der Waals surface area (Å²) >= 11 is 1.72. The van der Waals surface area contributed by atoms with E-state index in [1.54, 1.807) is 23.9 Å². The second kappa shape index (κ2) is 11.2. The molecule has 9 nitrogen and oxygen atoms in total. The lowest BCUT2D eigenvalue weighted by Gasteiger charge is -2.21. The van der Waals surface area contributed by atoms with Gasteiger partial charge in [0.2, 0.25) is 5.82 Å². The van der Waals surface area contributed by atoms with Crippen LogP contribution in [0.5, 0.6) is 0 Å². The molecule has 0 unspecified atom stereocenters. The average Bonchev–Trinajstić information content (AvgIpc) is 2.97. The predicted molar refractivity (Wildman–Crippen MR) is 121 cm³/mol. The summed E-state index contributed by atoms with van der Waals surface area (Å²) < 4.78 is 5.81. The summed E-state index contributed by atoms with van der Waals surface area (Å²) in [6.07, 6.45) is 1.03. The van der Waals surface area contributed by atoms with Gasteiger partial charge in [-0.25, -0.2) is 4.98 Å². The number of thioether (sulfide) groups is 1. The second-order valence-electron chi connectivity index (χ2n) is 7.47. The highest BCUT2D eigenvalue weighted by Gasteiger charge is 2.19. The molecule has 1 fully saturated rings. The molecule has 164 valence electrons. The smallest absolute Gasteiger partial charge is 0.311 e. The van der Waals surface area contributed by atoms with E-state index >= 15 is 0 Å². The molecule has 0 spiro atoms. The van der Waals surface area contributed by atoms with Gasteiger partial charge in [-0.3, -0.25) is 10.1 Å². The zero-order valence-electron chi connectivity index (χ0n) is 17.6. The van der Waals surface area contributed by atoms with Crippen LogP contribution in [0.25, 0.3) is 0 Å². The fourth-order valence-electron chi connectivity index (χ4n) is 3.28. The number of aromatic nitrogens is 1. The van der Waals surface area contributed by atoms with Crippen molar-refractivity contribution in [3.8, 4) is 0 Å². The van der Waals surface area contributed by atoms with Crippen LogP contribution < -0.4 is 15.5 Å². The van der Waals surface area contributed by atoms with Gasteiger partial charge in [0.15, 0.2) is 0 Å². The van der Waals surface area contributed by atoms with Crippen LogP contribution in [0.2, 0.25) is 0 Å². The number of hydrogen-bond donors (Lipinski definition) is 2. The van der Waals surface area contributed by atoms with Crippen molar-refractivity contribution >= 4 is 29.1 Å². The molecule has 0 aromatic carbocycles. The molecule has 30 heavy (non-hydrogen) atoms. The van der Waals surface area contributed by atoms with Crippen LogP contribution in [0.1, 0.15) is 17.9 Å². The third-order valence-electron chi connectivity index (χ3n) is 4.69. The standard InChI is InChI=1S/C20H30N6O3S/c1-24(2)14-16-4-5-17(29-16)15-30-13-10-22-20-18(26(27)28)6-7-19(23-20)25-11-3-8-21-9-12-25/h4-7,21H,3,8-15H2,1-2H3,(H,22,23). The molecule has 1 saturated heterocycles. The van der Waals surface area contributed by atoms with Crippen LogP contribution in [0.15, 0.2) is 28.7 Å². The maximum absolute atomic E-state index is 11.4. The molecule has 1 aliphatic rings. The second-order valence-corrected chi connectivity index (χ2v) is 8.58. The fourth-order valence-corrected chi connectivity index (χ4v) is 4.03. The van der Waals surface area contributed by atoms with Gasteiger partial charge in [-0.2, -0.15) is 11.8 Å². The molecule has 0 bridgehead atoms. The van der Waals surface area contributed by atoms with E-state index in [0.717, 1.165) is 68.0 Å². The van der Waals surface area contributed by atoms with Gasteiger partial charge in [-0.1, -0.05) is 0 Å². The van der Waals surface area contributed by atoms with Gasteiger partial charge < -0.3 is 24.9 Å². The molecule has 2 aromatic rings. The highest BCUT2D eigenvalue weighted by atomic mass is 32.2. The predicted octanol–water partition coefficient (Wildman–Crippen LogP) is 2.79. The molecule has 3 heterocycles. The van der Waals surface area contributed by atoms with Crippen LogP contribution in [0.3, 0.4) is 0 Å². The molecule has 0 saturated carbocycles. The third kappa shape index (κ3) is 6.61. The van der Waals surface area contributed by atoms with E-state index in [-0.39, 0.29) is 10.6 Å². The van der Waals surface area contributed by atoms with Crippen molar-refractivity contribution in [1.29, 1.82) is 0 Å². The van der Waals surface area contributed by atoms with E-state index in [0.29, 0.717) is 12.4 Å². The van der Waals surface area contributed by atoms with Crippen molar-refractivity contribution in [2.45, 2.75) is 18.7 Å². The Hall–Kier alpha value is -2.30. The first-order chi connectivity index (χ1) is 14.5. The minimum Gasteiger partial charge on any atom is -0.464 e. The minimum absolute atomic E-state index is 0.0102. The monoisotopic (exact) mass is 434 g/mol. The van der Waals surface area contributed by atoms with E-state index in [2.05, 4.69) is 25.4 Å². The van der Waals surface area contributed by atoms with Gasteiger partial charge >= 0.3 is 5.69 Å². The number of nitrogens with one attached hydrogen (secondary N) is 2. The van der Waals surface area contributed by atoms with Gasteiger partial charge in [0, 0.05) is 38.0 Å². The summed E-state index contributed by atoms with van der Waals surface area (Å²) in [6.45, 7) is 4.99. The number of nitrogens with zero attached hydrogens (tertiary/aromatic N) is 4. The number of anilines is 2. The maximum Gasteiger partial charge on any atom is 0.311 e. The summed E-state index contributed by atoms with van der Waals surface area (Å²) in [5.41, 5.74) is 0.0102. The Balaban J connectivity index is 1.52. The lowest BCUT2D eigenvalue weighted by Crippen LogP contribution is -2.28. The van der Waals surface area contributed by atoms with Gasteiger partial charge in [0.1, 0.15) is 17.3 Å². The van der Waals surface area contributed by atoms with Crippen molar-refractivity contribution in [3.05, 3.63) is 45.9 Å². The van der Waals surface area contributed by atoms with Crippen LogP contribution in [-0.4, -0.2) is 67.4 Å². The first kappa shape index (κ1) is 22.4. The Labute approximate surface area is 181 Å². The zero-order valence-corrected chi connectivity index (χ0v) is 18.4. The SMILES string of the molecule is CN(C)Cc1ccc(CSCCNc2nc(N3CCCNCC3)ccc2[N+](=O)[O-])o1. The Morgan fingerprint density at radius 2 is 2.10 bits per heavy atom. The third-order valence-corrected chi connectivity index (χ3v) is 5.67. The maximum atomic E-state index is 11.4. The van der Waals surface area contributed by atoms with E-state index < -0.39 is 0 Å². The van der Waals surface area contributed by atoms with Gasteiger partial charge in [0.25, 0.3) is 0 Å². The Morgan fingerprint density at radius 3 is 2.90 bits per heavy atom. The summed E-state index contributed by atoms with van der Waals surface area (Å²) in [5, 5.41) is 17.9. The summed E-state index contributed by atoms with van der Waals surface area (Å²) in [6, 6.07) is 7.30. The first-order valence-corrected chi connectivity index (χ1v) is 11.3. The summed E-state index contributed by atoms with van der Waals surface area (Å²) in [5.74, 6) is 4.57. The Bertz CT molecular complexity index is 821. The summed E-state index contributed by atoms with van der Waals surface area (Å²) in [4.78, 5) is 19.8. The van der Waals surface area contributed by atoms with E-state index in [9.17, 15) is 10.1 Å². The molecule has 0 aliphatic carbocycles. The van der Waals surface area contributed by atoms with E-state index in [4.69, 9.17) is 4.42 Å². The average molecular weight is 435 g/mol. The Morgan fingerprint density at radius 1 is 1.27 bits per heavy atom. The molecule has 0 amide bonds. The number of hydrogen-bond acceptors (Lipinski definition) is 9. The number of nitro groups is 1. The lowest BCUT2D eigenvalue weighted by atomic mass is 10.3. The topological polar surface area (TPSA) is 99.7 Å². The fraction of sp³-hybridized carbons (Fsp3) is 0.550. The molecule has 2 N–H and O–H groups in total. The highest BCUT2D eigenvalue weighted by molar-refractivity contribution is 7.98. The van der Waals surface area contributed by atoms with Crippen LogP contribution in [0.4, 0.5) is 17.3 Å². The van der Waals surface area contributed by atoms with Crippen molar-refractivity contribution < 1.29 is 9.34 Å². The molecule has 1 aliphatic heterocycles. The number of pyridine rings is 1.